The van der Waals surface area contributed by atoms with Gasteiger partial charge >= 0.3 is 0 Å². The minimum absolute atomic E-state index is 0.207. The first kappa shape index (κ1) is 14.9. The summed E-state index contributed by atoms with van der Waals surface area (Å²) in [5.74, 6) is 1.90. The molecule has 0 aliphatic carbocycles. The lowest BCUT2D eigenvalue weighted by molar-refractivity contribution is 0.398. The third kappa shape index (κ3) is 3.32. The highest BCUT2D eigenvalue weighted by atomic mass is 35.5. The molecule has 1 aromatic heterocycles. The molecule has 20 heavy (non-hydrogen) atoms. The average Bonchev–Trinajstić information content (AvgIpc) is 2.86. The highest BCUT2D eigenvalue weighted by molar-refractivity contribution is 6.30. The molecule has 0 saturated heterocycles. The van der Waals surface area contributed by atoms with Crippen molar-refractivity contribution in [3.63, 3.8) is 0 Å². The van der Waals surface area contributed by atoms with E-state index in [1.165, 1.54) is 0 Å². The topological polar surface area (TPSA) is 39.1 Å². The first-order valence-electron chi connectivity index (χ1n) is 6.62. The molecule has 5 heteroatoms. The maximum absolute atomic E-state index is 6.01. The SMILES string of the molecule is CNC(CCc1nccn1C)c1ccc(Cl)cc1OC. The summed E-state index contributed by atoms with van der Waals surface area (Å²) in [7, 11) is 5.64. The lowest BCUT2D eigenvalue weighted by Gasteiger charge is -2.19. The quantitative estimate of drug-likeness (QED) is 0.890. The summed E-state index contributed by atoms with van der Waals surface area (Å²) in [4.78, 5) is 4.36. The molecule has 0 amide bonds. The summed E-state index contributed by atoms with van der Waals surface area (Å²) in [5.41, 5.74) is 1.12. The third-order valence-electron chi connectivity index (χ3n) is 3.50. The number of aryl methyl sites for hydroxylation is 2. The Morgan fingerprint density at radius 1 is 1.45 bits per heavy atom. The van der Waals surface area contributed by atoms with Gasteiger partial charge in [0, 0.05) is 42.5 Å². The van der Waals surface area contributed by atoms with Crippen LogP contribution in [0.15, 0.2) is 30.6 Å². The number of ether oxygens (including phenoxy) is 1. The summed E-state index contributed by atoms with van der Waals surface area (Å²) in [6.07, 6.45) is 5.64. The molecule has 2 aromatic rings. The number of imidazole rings is 1. The predicted octanol–water partition coefficient (Wildman–Crippen LogP) is 2.98. The number of rotatable bonds is 6. The maximum Gasteiger partial charge on any atom is 0.125 e. The molecule has 1 unspecified atom stereocenters. The van der Waals surface area contributed by atoms with Crippen molar-refractivity contribution in [2.45, 2.75) is 18.9 Å². The van der Waals surface area contributed by atoms with Crippen LogP contribution in [-0.4, -0.2) is 23.7 Å². The van der Waals surface area contributed by atoms with E-state index in [1.54, 1.807) is 7.11 Å². The Kier molecular flexibility index (Phi) is 5.04. The summed E-state index contributed by atoms with van der Waals surface area (Å²) in [6, 6.07) is 5.96. The Morgan fingerprint density at radius 2 is 2.25 bits per heavy atom. The van der Waals surface area contributed by atoms with E-state index < -0.39 is 0 Å². The van der Waals surface area contributed by atoms with Gasteiger partial charge in [-0.25, -0.2) is 4.98 Å². The van der Waals surface area contributed by atoms with Gasteiger partial charge in [0.1, 0.15) is 11.6 Å². The van der Waals surface area contributed by atoms with Crippen molar-refractivity contribution in [3.05, 3.63) is 47.0 Å². The fourth-order valence-corrected chi connectivity index (χ4v) is 2.50. The zero-order valence-corrected chi connectivity index (χ0v) is 12.8. The van der Waals surface area contributed by atoms with Gasteiger partial charge in [-0.15, -0.1) is 0 Å². The molecule has 0 radical (unpaired) electrons. The molecule has 0 bridgehead atoms. The zero-order valence-electron chi connectivity index (χ0n) is 12.1. The first-order valence-corrected chi connectivity index (χ1v) is 7.00. The van der Waals surface area contributed by atoms with Crippen molar-refractivity contribution in [2.24, 2.45) is 7.05 Å². The second-order valence-corrected chi connectivity index (χ2v) is 5.16. The highest BCUT2D eigenvalue weighted by Crippen LogP contribution is 2.30. The molecular formula is C15H20ClN3O. The molecule has 0 spiro atoms. The molecule has 2 rings (SSSR count). The normalized spacial score (nSPS) is 12.4. The summed E-state index contributed by atoms with van der Waals surface area (Å²) in [5, 5.41) is 4.02. The van der Waals surface area contributed by atoms with Gasteiger partial charge in [-0.1, -0.05) is 17.7 Å². The predicted molar refractivity (Wildman–Crippen MR) is 81.3 cm³/mol. The Morgan fingerprint density at radius 3 is 2.85 bits per heavy atom. The smallest absolute Gasteiger partial charge is 0.125 e. The van der Waals surface area contributed by atoms with Gasteiger partial charge in [0.25, 0.3) is 0 Å². The number of benzene rings is 1. The molecule has 1 N–H and O–H groups in total. The molecule has 0 saturated carbocycles. The molecule has 4 nitrogen and oxygen atoms in total. The van der Waals surface area contributed by atoms with E-state index in [9.17, 15) is 0 Å². The number of hydrogen-bond donors (Lipinski definition) is 1. The van der Waals surface area contributed by atoms with Gasteiger partial charge in [0.15, 0.2) is 0 Å². The zero-order chi connectivity index (χ0) is 14.5. The second kappa shape index (κ2) is 6.77. The van der Waals surface area contributed by atoms with E-state index in [4.69, 9.17) is 16.3 Å². The Bertz CT molecular complexity index is 568. The molecule has 1 atom stereocenters. The largest absolute Gasteiger partial charge is 0.496 e. The van der Waals surface area contributed by atoms with Crippen molar-refractivity contribution in [3.8, 4) is 5.75 Å². The van der Waals surface area contributed by atoms with Crippen molar-refractivity contribution >= 4 is 11.6 Å². The summed E-state index contributed by atoms with van der Waals surface area (Å²) in [6.45, 7) is 0. The molecule has 1 aromatic carbocycles. The molecule has 1 heterocycles. The van der Waals surface area contributed by atoms with Crippen LogP contribution < -0.4 is 10.1 Å². The molecular weight excluding hydrogens is 274 g/mol. The number of methoxy groups -OCH3 is 1. The lowest BCUT2D eigenvalue weighted by Crippen LogP contribution is -2.18. The van der Waals surface area contributed by atoms with Crippen LogP contribution in [0, 0.1) is 0 Å². The number of nitrogens with zero attached hydrogens (tertiary/aromatic N) is 2. The van der Waals surface area contributed by atoms with Crippen molar-refractivity contribution in [1.29, 1.82) is 0 Å². The van der Waals surface area contributed by atoms with Gasteiger partial charge in [0.05, 0.1) is 7.11 Å². The van der Waals surface area contributed by atoms with E-state index in [0.717, 1.165) is 30.0 Å². The van der Waals surface area contributed by atoms with E-state index in [0.29, 0.717) is 5.02 Å². The van der Waals surface area contributed by atoms with Gasteiger partial charge in [-0.3, -0.25) is 0 Å². The van der Waals surface area contributed by atoms with Crippen LogP contribution >= 0.6 is 11.6 Å². The van der Waals surface area contributed by atoms with Crippen LogP contribution in [0.25, 0.3) is 0 Å². The van der Waals surface area contributed by atoms with Crippen LogP contribution in [-0.2, 0) is 13.5 Å². The summed E-state index contributed by atoms with van der Waals surface area (Å²) >= 11 is 6.01. The maximum atomic E-state index is 6.01. The average molecular weight is 294 g/mol. The van der Waals surface area contributed by atoms with Crippen molar-refractivity contribution in [1.82, 2.24) is 14.9 Å². The van der Waals surface area contributed by atoms with E-state index in [2.05, 4.69) is 10.3 Å². The molecule has 0 fully saturated rings. The van der Waals surface area contributed by atoms with Crippen molar-refractivity contribution < 1.29 is 4.74 Å². The summed E-state index contributed by atoms with van der Waals surface area (Å²) < 4.78 is 7.47. The molecule has 108 valence electrons. The fraction of sp³-hybridized carbons (Fsp3) is 0.400. The number of hydrogen-bond acceptors (Lipinski definition) is 3. The highest BCUT2D eigenvalue weighted by Gasteiger charge is 2.15. The van der Waals surface area contributed by atoms with Gasteiger partial charge in [-0.05, 0) is 25.6 Å². The van der Waals surface area contributed by atoms with E-state index in [-0.39, 0.29) is 6.04 Å². The fourth-order valence-electron chi connectivity index (χ4n) is 2.34. The van der Waals surface area contributed by atoms with Gasteiger partial charge in [-0.2, -0.15) is 0 Å². The van der Waals surface area contributed by atoms with Crippen LogP contribution in [0.5, 0.6) is 5.75 Å². The van der Waals surface area contributed by atoms with Crippen molar-refractivity contribution in [2.75, 3.05) is 14.2 Å². The Balaban J connectivity index is 2.14. The van der Waals surface area contributed by atoms with Crippen LogP contribution in [0.3, 0.4) is 0 Å². The second-order valence-electron chi connectivity index (χ2n) is 4.72. The minimum Gasteiger partial charge on any atom is -0.496 e. The van der Waals surface area contributed by atoms with Gasteiger partial charge in [0.2, 0.25) is 0 Å². The first-order chi connectivity index (χ1) is 9.65. The van der Waals surface area contributed by atoms with Gasteiger partial charge < -0.3 is 14.6 Å². The number of nitrogens with one attached hydrogen (secondary N) is 1. The van der Waals surface area contributed by atoms with Crippen LogP contribution in [0.4, 0.5) is 0 Å². The van der Waals surface area contributed by atoms with Crippen LogP contribution in [0.1, 0.15) is 23.9 Å². The number of halogens is 1. The monoisotopic (exact) mass is 293 g/mol. The van der Waals surface area contributed by atoms with E-state index >= 15 is 0 Å². The Labute approximate surface area is 124 Å². The standard InChI is InChI=1S/C15H20ClN3O/c1-17-13(6-7-15-18-8-9-19(15)2)12-5-4-11(16)10-14(12)20-3/h4-5,8-10,13,17H,6-7H2,1-3H3. The molecule has 0 aliphatic rings. The van der Waals surface area contributed by atoms with Crippen LogP contribution in [0.2, 0.25) is 5.02 Å². The number of aromatic nitrogens is 2. The third-order valence-corrected chi connectivity index (χ3v) is 3.73. The lowest BCUT2D eigenvalue weighted by atomic mass is 10.0. The Hall–Kier alpha value is -1.52. The minimum atomic E-state index is 0.207. The molecule has 0 aliphatic heterocycles. The van der Waals surface area contributed by atoms with E-state index in [1.807, 2.05) is 49.3 Å².